The van der Waals surface area contributed by atoms with Crippen LogP contribution in [-0.2, 0) is 9.53 Å². The lowest BCUT2D eigenvalue weighted by molar-refractivity contribution is -0.149. The summed E-state index contributed by atoms with van der Waals surface area (Å²) in [6.45, 7) is 4.40. The van der Waals surface area contributed by atoms with E-state index in [1.807, 2.05) is 6.92 Å². The summed E-state index contributed by atoms with van der Waals surface area (Å²) >= 11 is 0. The molecule has 0 saturated carbocycles. The van der Waals surface area contributed by atoms with Crippen LogP contribution in [0.3, 0.4) is 0 Å². The quantitative estimate of drug-likeness (QED) is 0.615. The Hall–Kier alpha value is -0.650. The molecule has 1 aliphatic heterocycles. The van der Waals surface area contributed by atoms with E-state index in [2.05, 4.69) is 5.32 Å². The number of aliphatic carboxylic acids is 1. The van der Waals surface area contributed by atoms with Gasteiger partial charge >= 0.3 is 5.97 Å². The van der Waals surface area contributed by atoms with Crippen LogP contribution in [0.15, 0.2) is 0 Å². The first kappa shape index (κ1) is 13.4. The van der Waals surface area contributed by atoms with E-state index in [1.165, 1.54) is 0 Å². The Bertz CT molecular complexity index is 232. The lowest BCUT2D eigenvalue weighted by Crippen LogP contribution is -2.36. The molecule has 5 nitrogen and oxygen atoms in total. The summed E-state index contributed by atoms with van der Waals surface area (Å²) in [7, 11) is 0. The number of ether oxygens (including phenoxy) is 1. The maximum absolute atomic E-state index is 10.7. The van der Waals surface area contributed by atoms with Crippen LogP contribution in [0, 0.1) is 0 Å². The number of aliphatic hydroxyl groups excluding tert-OH is 1. The van der Waals surface area contributed by atoms with E-state index in [0.717, 1.165) is 6.42 Å². The monoisotopic (exact) mass is 231 g/mol. The van der Waals surface area contributed by atoms with Crippen molar-refractivity contribution in [2.75, 3.05) is 6.54 Å². The van der Waals surface area contributed by atoms with E-state index < -0.39 is 12.1 Å². The molecule has 1 saturated heterocycles. The number of aliphatic hydroxyl groups is 1. The number of carboxylic acid groups (broad SMARTS) is 1. The summed E-state index contributed by atoms with van der Waals surface area (Å²) in [6, 6.07) is 0.215. The van der Waals surface area contributed by atoms with Gasteiger partial charge in [0, 0.05) is 12.6 Å². The number of nitrogens with one attached hydrogen (secondary N) is 1. The molecule has 0 radical (unpaired) electrons. The minimum Gasteiger partial charge on any atom is -0.479 e. The number of carboxylic acids is 1. The highest BCUT2D eigenvalue weighted by Crippen LogP contribution is 2.19. The molecule has 16 heavy (non-hydrogen) atoms. The fourth-order valence-electron chi connectivity index (χ4n) is 1.97. The van der Waals surface area contributed by atoms with Gasteiger partial charge in [0.05, 0.1) is 12.2 Å². The van der Waals surface area contributed by atoms with Crippen molar-refractivity contribution >= 4 is 5.97 Å². The van der Waals surface area contributed by atoms with Crippen LogP contribution in [0.1, 0.15) is 33.1 Å². The maximum Gasteiger partial charge on any atom is 0.332 e. The van der Waals surface area contributed by atoms with Gasteiger partial charge in [-0.05, 0) is 33.1 Å². The molecule has 5 heteroatoms. The summed E-state index contributed by atoms with van der Waals surface area (Å²) < 4.78 is 5.35. The van der Waals surface area contributed by atoms with Crippen molar-refractivity contribution in [3.05, 3.63) is 0 Å². The average Bonchev–Trinajstić information content (AvgIpc) is 2.61. The molecule has 4 atom stereocenters. The van der Waals surface area contributed by atoms with Crippen LogP contribution in [0.5, 0.6) is 0 Å². The summed E-state index contributed by atoms with van der Waals surface area (Å²) in [5.74, 6) is -0.875. The summed E-state index contributed by atoms with van der Waals surface area (Å²) in [4.78, 5) is 10.7. The van der Waals surface area contributed by atoms with Crippen molar-refractivity contribution in [3.63, 3.8) is 0 Å². The van der Waals surface area contributed by atoms with Crippen LogP contribution in [0.2, 0.25) is 0 Å². The van der Waals surface area contributed by atoms with Gasteiger partial charge in [-0.3, -0.25) is 0 Å². The Morgan fingerprint density at radius 3 is 2.69 bits per heavy atom. The van der Waals surface area contributed by atoms with Gasteiger partial charge in [0.1, 0.15) is 0 Å². The van der Waals surface area contributed by atoms with Gasteiger partial charge in [-0.2, -0.15) is 0 Å². The summed E-state index contributed by atoms with van der Waals surface area (Å²) in [5, 5.41) is 21.2. The van der Waals surface area contributed by atoms with E-state index in [4.69, 9.17) is 9.84 Å². The molecule has 0 amide bonds. The van der Waals surface area contributed by atoms with Gasteiger partial charge in [-0.15, -0.1) is 0 Å². The topological polar surface area (TPSA) is 78.8 Å². The SMILES string of the molecule is CC(O)CC(C)NCC1CCC(C(=O)O)O1. The van der Waals surface area contributed by atoms with Crippen molar-refractivity contribution in [1.29, 1.82) is 0 Å². The molecule has 4 unspecified atom stereocenters. The van der Waals surface area contributed by atoms with Crippen LogP contribution >= 0.6 is 0 Å². The lowest BCUT2D eigenvalue weighted by Gasteiger charge is -2.18. The summed E-state index contributed by atoms with van der Waals surface area (Å²) in [5.41, 5.74) is 0. The first-order valence-electron chi connectivity index (χ1n) is 5.78. The van der Waals surface area contributed by atoms with Crippen molar-refractivity contribution in [2.24, 2.45) is 0 Å². The van der Waals surface area contributed by atoms with Gasteiger partial charge in [0.15, 0.2) is 6.10 Å². The van der Waals surface area contributed by atoms with Crippen molar-refractivity contribution in [3.8, 4) is 0 Å². The standard InChI is InChI=1S/C11H21NO4/c1-7(5-8(2)13)12-6-9-3-4-10(16-9)11(14)15/h7-10,12-13H,3-6H2,1-2H3,(H,14,15). The zero-order valence-electron chi connectivity index (χ0n) is 9.85. The second-order valence-corrected chi connectivity index (χ2v) is 4.56. The fraction of sp³-hybridized carbons (Fsp3) is 0.909. The van der Waals surface area contributed by atoms with Crippen molar-refractivity contribution in [1.82, 2.24) is 5.32 Å². The lowest BCUT2D eigenvalue weighted by atomic mass is 10.1. The normalized spacial score (nSPS) is 28.9. The average molecular weight is 231 g/mol. The molecule has 0 aliphatic carbocycles. The predicted molar refractivity (Wildman–Crippen MR) is 59.3 cm³/mol. The molecule has 0 bridgehead atoms. The van der Waals surface area contributed by atoms with E-state index in [0.29, 0.717) is 19.4 Å². The molecule has 0 aromatic heterocycles. The second-order valence-electron chi connectivity index (χ2n) is 4.56. The Morgan fingerprint density at radius 1 is 1.50 bits per heavy atom. The molecule has 1 rings (SSSR count). The van der Waals surface area contributed by atoms with E-state index in [1.54, 1.807) is 6.92 Å². The zero-order chi connectivity index (χ0) is 12.1. The molecule has 0 aromatic carbocycles. The molecule has 0 aromatic rings. The smallest absolute Gasteiger partial charge is 0.332 e. The van der Waals surface area contributed by atoms with Gasteiger partial charge in [0.25, 0.3) is 0 Å². The van der Waals surface area contributed by atoms with Crippen LogP contribution < -0.4 is 5.32 Å². The molecule has 1 aliphatic rings. The molecule has 1 fully saturated rings. The van der Waals surface area contributed by atoms with Crippen LogP contribution in [-0.4, -0.2) is 47.1 Å². The number of hydrogen-bond acceptors (Lipinski definition) is 4. The molecule has 0 spiro atoms. The maximum atomic E-state index is 10.7. The third-order valence-corrected chi connectivity index (χ3v) is 2.77. The third-order valence-electron chi connectivity index (χ3n) is 2.77. The van der Waals surface area contributed by atoms with Crippen molar-refractivity contribution < 1.29 is 19.7 Å². The number of carbonyl (C=O) groups is 1. The van der Waals surface area contributed by atoms with E-state index in [-0.39, 0.29) is 18.2 Å². The zero-order valence-corrected chi connectivity index (χ0v) is 9.85. The number of hydrogen-bond donors (Lipinski definition) is 3. The van der Waals surface area contributed by atoms with Gasteiger partial charge in [-0.1, -0.05) is 0 Å². The Morgan fingerprint density at radius 2 is 2.19 bits per heavy atom. The van der Waals surface area contributed by atoms with Gasteiger partial charge in [0.2, 0.25) is 0 Å². The Labute approximate surface area is 95.8 Å². The van der Waals surface area contributed by atoms with Gasteiger partial charge < -0.3 is 20.3 Å². The second kappa shape index (κ2) is 6.18. The first-order chi connectivity index (χ1) is 7.49. The highest BCUT2D eigenvalue weighted by Gasteiger charge is 2.30. The summed E-state index contributed by atoms with van der Waals surface area (Å²) in [6.07, 6.45) is 1.09. The molecule has 94 valence electrons. The minimum absolute atomic E-state index is 0.0162. The third kappa shape index (κ3) is 4.47. The number of rotatable bonds is 6. The Kier molecular flexibility index (Phi) is 5.18. The molecular weight excluding hydrogens is 210 g/mol. The van der Waals surface area contributed by atoms with Crippen LogP contribution in [0.4, 0.5) is 0 Å². The van der Waals surface area contributed by atoms with Crippen molar-refractivity contribution in [2.45, 2.75) is 57.5 Å². The van der Waals surface area contributed by atoms with Gasteiger partial charge in [-0.25, -0.2) is 4.79 Å². The Balaban J connectivity index is 2.17. The van der Waals surface area contributed by atoms with E-state index in [9.17, 15) is 9.90 Å². The minimum atomic E-state index is -0.875. The van der Waals surface area contributed by atoms with E-state index >= 15 is 0 Å². The van der Waals surface area contributed by atoms with Crippen LogP contribution in [0.25, 0.3) is 0 Å². The fourth-order valence-corrected chi connectivity index (χ4v) is 1.97. The highest BCUT2D eigenvalue weighted by atomic mass is 16.5. The molecular formula is C11H21NO4. The first-order valence-corrected chi connectivity index (χ1v) is 5.78. The molecule has 3 N–H and O–H groups in total. The predicted octanol–water partition coefficient (Wildman–Crippen LogP) is 0.368. The molecule has 1 heterocycles. The largest absolute Gasteiger partial charge is 0.479 e. The highest BCUT2D eigenvalue weighted by molar-refractivity contribution is 5.72.